The van der Waals surface area contributed by atoms with Crippen LogP contribution in [0.2, 0.25) is 5.02 Å². The van der Waals surface area contributed by atoms with Gasteiger partial charge in [-0.15, -0.1) is 11.3 Å². The van der Waals surface area contributed by atoms with Gasteiger partial charge in [0.1, 0.15) is 15.3 Å². The van der Waals surface area contributed by atoms with Gasteiger partial charge in [0.25, 0.3) is 5.56 Å². The van der Waals surface area contributed by atoms with Gasteiger partial charge in [0.15, 0.2) is 5.57 Å². The van der Waals surface area contributed by atoms with Gasteiger partial charge in [-0.3, -0.25) is 14.2 Å². The number of anilines is 2. The van der Waals surface area contributed by atoms with Gasteiger partial charge in [-0.2, -0.15) is 5.26 Å². The summed E-state index contributed by atoms with van der Waals surface area (Å²) < 4.78 is 1.42. The van der Waals surface area contributed by atoms with Gasteiger partial charge < -0.3 is 15.7 Å². The smallest absolute Gasteiger partial charge is 0.349 e. The molecule has 162 valence electrons. The zero-order chi connectivity index (χ0) is 23.3. The van der Waals surface area contributed by atoms with Gasteiger partial charge in [0, 0.05) is 34.6 Å². The van der Waals surface area contributed by atoms with Gasteiger partial charge in [-0.1, -0.05) is 38.1 Å². The van der Waals surface area contributed by atoms with Crippen LogP contribution in [0.3, 0.4) is 0 Å². The van der Waals surface area contributed by atoms with E-state index in [-0.39, 0.29) is 21.6 Å². The maximum Gasteiger partial charge on any atom is 0.349 e. The average molecular weight is 461 g/mol. The Morgan fingerprint density at radius 1 is 1.29 bits per heavy atom. The molecule has 31 heavy (non-hydrogen) atoms. The van der Waals surface area contributed by atoms with E-state index in [1.54, 1.807) is 52.0 Å². The second kappa shape index (κ2) is 9.67. The molecule has 0 saturated heterocycles. The molecule has 1 aromatic carbocycles. The number of nitrogens with zero attached hydrogens (tertiary/aromatic N) is 2. The topological polar surface area (TPSA) is 124 Å². The van der Waals surface area contributed by atoms with E-state index in [0.29, 0.717) is 16.4 Å². The lowest BCUT2D eigenvalue weighted by atomic mass is 9.95. The molecule has 10 heteroatoms. The number of thiazole rings is 1. The van der Waals surface area contributed by atoms with E-state index in [4.69, 9.17) is 16.9 Å². The highest BCUT2D eigenvalue weighted by atomic mass is 35.5. The summed E-state index contributed by atoms with van der Waals surface area (Å²) in [5.41, 5.74) is 2.31. The van der Waals surface area contributed by atoms with Crippen molar-refractivity contribution in [3.63, 3.8) is 0 Å². The van der Waals surface area contributed by atoms with Crippen LogP contribution in [-0.4, -0.2) is 21.6 Å². The van der Waals surface area contributed by atoms with Crippen molar-refractivity contribution in [2.24, 2.45) is 5.41 Å². The summed E-state index contributed by atoms with van der Waals surface area (Å²) in [6.45, 7) is 7.27. The summed E-state index contributed by atoms with van der Waals surface area (Å²) >= 11 is 7.00. The number of hydrogen-bond acceptors (Lipinski definition) is 6. The van der Waals surface area contributed by atoms with Crippen molar-refractivity contribution < 1.29 is 14.7 Å². The van der Waals surface area contributed by atoms with E-state index in [2.05, 4.69) is 16.4 Å². The largest absolute Gasteiger partial charge is 0.477 e. The molecule has 0 aliphatic heterocycles. The number of carbonyl (C=O) groups is 2. The number of rotatable bonds is 5. The molecular formula is C21H21ClN4O4S. The van der Waals surface area contributed by atoms with Crippen LogP contribution in [0.25, 0.3) is 11.3 Å². The first-order valence-electron chi connectivity index (χ1n) is 9.19. The average Bonchev–Trinajstić information content (AvgIpc) is 2.96. The highest BCUT2D eigenvalue weighted by molar-refractivity contribution is 7.07. The first-order valence-corrected chi connectivity index (χ1v) is 10.4. The van der Waals surface area contributed by atoms with Crippen molar-refractivity contribution >= 4 is 57.5 Å². The molecule has 1 aromatic heterocycles. The standard InChI is InChI=1S/C21H21ClN4O4S/c1-5-26-17(27)16(31-18(26)15(11-23)19(28)29)6-7-24-13-8-12(22)9-14(10-13)25-20(30)21(2,3)4/h7-10,24H,5H2,1-4H3,(H,25,30)(H,28,29)/b18-15-. The Bertz CT molecular complexity index is 1290. The quantitative estimate of drug-likeness (QED) is 0.629. The summed E-state index contributed by atoms with van der Waals surface area (Å²) in [6.07, 6.45) is 1.38. The Hall–Kier alpha value is -3.31. The first-order chi connectivity index (χ1) is 14.5. The summed E-state index contributed by atoms with van der Waals surface area (Å²) in [6, 6.07) is 6.53. The lowest BCUT2D eigenvalue weighted by molar-refractivity contribution is -0.130. The summed E-state index contributed by atoms with van der Waals surface area (Å²) in [4.78, 5) is 36.0. The van der Waals surface area contributed by atoms with Crippen molar-refractivity contribution in [3.05, 3.63) is 49.0 Å². The van der Waals surface area contributed by atoms with E-state index < -0.39 is 22.5 Å². The minimum absolute atomic E-state index is 0.0633. The van der Waals surface area contributed by atoms with E-state index in [1.165, 1.54) is 10.8 Å². The number of benzene rings is 1. The third-order valence-electron chi connectivity index (χ3n) is 4.02. The summed E-state index contributed by atoms with van der Waals surface area (Å²) in [5.74, 6) is -1.57. The molecule has 8 nitrogen and oxygen atoms in total. The van der Waals surface area contributed by atoms with E-state index in [1.807, 2.05) is 0 Å². The fourth-order valence-corrected chi connectivity index (χ4v) is 3.71. The van der Waals surface area contributed by atoms with Crippen LogP contribution in [0.5, 0.6) is 0 Å². The Morgan fingerprint density at radius 3 is 2.48 bits per heavy atom. The predicted octanol–water partition coefficient (Wildman–Crippen LogP) is 2.33. The number of halogens is 1. The second-order valence-corrected chi connectivity index (χ2v) is 8.88. The molecule has 2 aromatic rings. The number of aromatic nitrogens is 1. The van der Waals surface area contributed by atoms with Gasteiger partial charge in [0.05, 0.1) is 0 Å². The van der Waals surface area contributed by atoms with Gasteiger partial charge in [-0.05, 0) is 25.1 Å². The van der Waals surface area contributed by atoms with Crippen LogP contribution in [-0.2, 0) is 16.1 Å². The van der Waals surface area contributed by atoms with Gasteiger partial charge >= 0.3 is 5.97 Å². The molecule has 1 amide bonds. The number of nitriles is 1. The number of nitrogens with one attached hydrogen (secondary N) is 2. The molecule has 0 spiro atoms. The van der Waals surface area contributed by atoms with Crippen LogP contribution in [0.15, 0.2) is 29.2 Å². The van der Waals surface area contributed by atoms with Crippen LogP contribution in [0, 0.1) is 16.7 Å². The van der Waals surface area contributed by atoms with Crippen LogP contribution < -0.4 is 25.4 Å². The molecule has 0 unspecified atom stereocenters. The number of carboxylic acid groups (broad SMARTS) is 1. The Balaban J connectivity index is 2.46. The Morgan fingerprint density at radius 2 is 1.94 bits per heavy atom. The van der Waals surface area contributed by atoms with Crippen molar-refractivity contribution in [2.45, 2.75) is 34.2 Å². The van der Waals surface area contributed by atoms with Crippen LogP contribution >= 0.6 is 22.9 Å². The van der Waals surface area contributed by atoms with Crippen LogP contribution in [0.1, 0.15) is 27.7 Å². The highest BCUT2D eigenvalue weighted by Gasteiger charge is 2.21. The molecule has 0 saturated carbocycles. The number of carboxylic acids is 1. The molecule has 0 bridgehead atoms. The van der Waals surface area contributed by atoms with Crippen molar-refractivity contribution in [1.82, 2.24) is 4.57 Å². The number of hydrogen-bond donors (Lipinski definition) is 3. The van der Waals surface area contributed by atoms with Gasteiger partial charge in [-0.25, -0.2) is 4.79 Å². The molecule has 0 aliphatic carbocycles. The van der Waals surface area contributed by atoms with E-state index in [9.17, 15) is 19.5 Å². The van der Waals surface area contributed by atoms with Crippen molar-refractivity contribution in [1.29, 1.82) is 5.26 Å². The third-order valence-corrected chi connectivity index (χ3v) is 5.35. The summed E-state index contributed by atoms with van der Waals surface area (Å²) in [7, 11) is 0. The predicted molar refractivity (Wildman–Crippen MR) is 121 cm³/mol. The number of aliphatic carboxylic acids is 1. The minimum Gasteiger partial charge on any atom is -0.477 e. The zero-order valence-corrected chi connectivity index (χ0v) is 18.9. The molecule has 0 atom stereocenters. The fourth-order valence-electron chi connectivity index (χ4n) is 2.41. The maximum atomic E-state index is 12.5. The van der Waals surface area contributed by atoms with Crippen molar-refractivity contribution in [3.8, 4) is 6.07 Å². The summed E-state index contributed by atoms with van der Waals surface area (Å²) in [5, 5.41) is 24.4. The molecule has 3 N–H and O–H groups in total. The van der Waals surface area contributed by atoms with E-state index in [0.717, 1.165) is 11.3 Å². The fraction of sp³-hybridized carbons (Fsp3) is 0.286. The van der Waals surface area contributed by atoms with Crippen molar-refractivity contribution in [2.75, 3.05) is 10.6 Å². The second-order valence-electron chi connectivity index (χ2n) is 7.44. The van der Waals surface area contributed by atoms with Gasteiger partial charge in [0.2, 0.25) is 5.91 Å². The maximum absolute atomic E-state index is 12.5. The number of carbonyl (C=O) groups excluding carboxylic acids is 1. The SMILES string of the molecule is CCn1c(=O)c(=C=CNc2cc(Cl)cc(NC(=O)C(C)(C)C)c2)s/c1=C(/C#N)C(=O)O. The highest BCUT2D eigenvalue weighted by Crippen LogP contribution is 2.24. The molecular weight excluding hydrogens is 440 g/mol. The molecule has 1 heterocycles. The molecule has 0 fully saturated rings. The minimum atomic E-state index is -1.40. The monoisotopic (exact) mass is 460 g/mol. The lowest BCUT2D eigenvalue weighted by Crippen LogP contribution is -2.31. The Labute approximate surface area is 187 Å². The lowest BCUT2D eigenvalue weighted by Gasteiger charge is -2.18. The Kier molecular flexibility index (Phi) is 7.47. The molecule has 2 rings (SSSR count). The third kappa shape index (κ3) is 5.86. The molecule has 0 aliphatic rings. The first kappa shape index (κ1) is 24.0. The zero-order valence-electron chi connectivity index (χ0n) is 17.4. The number of amides is 1. The van der Waals surface area contributed by atoms with E-state index >= 15 is 0 Å². The normalized spacial score (nSPS) is 11.7. The van der Waals surface area contributed by atoms with Crippen LogP contribution in [0.4, 0.5) is 11.4 Å². The molecule has 0 radical (unpaired) electrons.